The summed E-state index contributed by atoms with van der Waals surface area (Å²) < 4.78 is 80.1. The van der Waals surface area contributed by atoms with Crippen LogP contribution in [0, 0.1) is 10.1 Å². The molecule has 1 aromatic carbocycles. The number of nitro groups is 1. The Morgan fingerprint density at radius 3 is 2.17 bits per heavy atom. The third-order valence-electron chi connectivity index (χ3n) is 8.11. The first-order valence-electron chi connectivity index (χ1n) is 13.2. The third kappa shape index (κ3) is 6.70. The van der Waals surface area contributed by atoms with Gasteiger partial charge in [0.15, 0.2) is 22.6 Å². The van der Waals surface area contributed by atoms with Crippen LogP contribution < -0.4 is 0 Å². The predicted molar refractivity (Wildman–Crippen MR) is 138 cm³/mol. The monoisotopic (exact) mass is 613 g/mol. The maximum atomic E-state index is 14.3. The molecule has 0 amide bonds. The lowest BCUT2D eigenvalue weighted by molar-refractivity contribution is -0.969. The smallest absolute Gasteiger partial charge is 0.485 e. The van der Waals surface area contributed by atoms with Gasteiger partial charge in [-0.3, -0.25) is 33.9 Å². The molecule has 1 aromatic rings. The average molecular weight is 614 g/mol. The fraction of sp³-hybridized carbons (Fsp3) is 0.739. The maximum absolute atomic E-state index is 14.3. The number of quaternary nitrogens is 1. The highest BCUT2D eigenvalue weighted by Crippen LogP contribution is 2.55. The van der Waals surface area contributed by atoms with Gasteiger partial charge in [-0.05, 0) is 18.9 Å². The number of piperazine rings is 2. The summed E-state index contributed by atoms with van der Waals surface area (Å²) in [5, 5.41) is 11.0. The maximum Gasteiger partial charge on any atom is 0.485 e. The van der Waals surface area contributed by atoms with E-state index < -0.39 is 27.9 Å². The van der Waals surface area contributed by atoms with Gasteiger partial charge < -0.3 is 9.08 Å². The van der Waals surface area contributed by atoms with Crippen molar-refractivity contribution in [3.05, 3.63) is 39.9 Å². The van der Waals surface area contributed by atoms with Crippen molar-refractivity contribution in [2.75, 3.05) is 65.3 Å². The highest BCUT2D eigenvalue weighted by atomic mass is 32.2. The van der Waals surface area contributed by atoms with E-state index in [1.165, 1.54) is 18.6 Å². The second kappa shape index (κ2) is 11.9. The molecule has 40 heavy (non-hydrogen) atoms. The Labute approximate surface area is 231 Å². The third-order valence-corrected chi connectivity index (χ3v) is 11.2. The molecule has 4 saturated heterocycles. The minimum absolute atomic E-state index is 0.0595. The van der Waals surface area contributed by atoms with E-state index in [-0.39, 0.29) is 5.69 Å². The van der Waals surface area contributed by atoms with Crippen LogP contribution in [0.5, 0.6) is 0 Å². The molecule has 12 nitrogen and oxygen atoms in total. The normalized spacial score (nSPS) is 29.0. The molecule has 0 N–H and O–H groups in total. The minimum Gasteiger partial charge on any atom is -0.741 e. The van der Waals surface area contributed by atoms with E-state index in [0.29, 0.717) is 31.4 Å². The number of alkyl halides is 3. The molecule has 4 heterocycles. The van der Waals surface area contributed by atoms with Crippen LogP contribution in [0.25, 0.3) is 0 Å². The summed E-state index contributed by atoms with van der Waals surface area (Å²) in [6.07, 6.45) is 4.03. The Bertz CT molecular complexity index is 1220. The number of hydrogen-bond donors (Lipinski definition) is 0. The molecule has 4 aliphatic heterocycles. The van der Waals surface area contributed by atoms with Gasteiger partial charge in [-0.15, -0.1) is 0 Å². The van der Waals surface area contributed by atoms with Gasteiger partial charge in [-0.1, -0.05) is 12.1 Å². The molecule has 0 aliphatic carbocycles. The molecule has 4 atom stereocenters. The van der Waals surface area contributed by atoms with Crippen molar-refractivity contribution >= 4 is 23.2 Å². The number of nitrogens with zero attached hydrogens (tertiary/aromatic N) is 5. The Morgan fingerprint density at radius 1 is 1.02 bits per heavy atom. The Kier molecular flexibility index (Phi) is 9.32. The zero-order valence-electron chi connectivity index (χ0n) is 22.2. The van der Waals surface area contributed by atoms with Gasteiger partial charge >= 0.3 is 5.51 Å². The molecule has 0 radical (unpaired) electrons. The lowest BCUT2D eigenvalue weighted by Gasteiger charge is -2.65. The van der Waals surface area contributed by atoms with Crippen molar-refractivity contribution < 1.29 is 44.6 Å². The van der Waals surface area contributed by atoms with Gasteiger partial charge in [0.2, 0.25) is 0 Å². The molecule has 17 heteroatoms. The van der Waals surface area contributed by atoms with E-state index >= 15 is 0 Å². The van der Waals surface area contributed by atoms with E-state index in [4.69, 9.17) is 17.5 Å². The van der Waals surface area contributed by atoms with E-state index in [1.807, 2.05) is 6.92 Å². The lowest BCUT2D eigenvalue weighted by atomic mass is 9.98. The first-order chi connectivity index (χ1) is 18.7. The lowest BCUT2D eigenvalue weighted by Crippen LogP contribution is -2.83. The molecule has 0 bridgehead atoms. The fourth-order valence-electron chi connectivity index (χ4n) is 6.61. The van der Waals surface area contributed by atoms with Crippen LogP contribution in [0.1, 0.15) is 25.3 Å². The fourth-order valence-corrected chi connectivity index (χ4v) is 9.43. The van der Waals surface area contributed by atoms with Crippen molar-refractivity contribution in [3.8, 4) is 0 Å². The van der Waals surface area contributed by atoms with Crippen LogP contribution in [0.4, 0.5) is 18.9 Å². The highest BCUT2D eigenvalue weighted by Gasteiger charge is 2.59. The SMILES string of the molecule is CCOP(=O)(Cc1ccc([N+](=O)[O-])cc1)C[N+]12CCCN3CCN4CCCN(CC1)C4C32.O=S(=O)([O-])C(F)(F)F. The first-order valence-corrected chi connectivity index (χ1v) is 16.6. The van der Waals surface area contributed by atoms with Crippen LogP contribution in [-0.4, -0.2) is 120 Å². The van der Waals surface area contributed by atoms with Gasteiger partial charge in [-0.2, -0.15) is 13.2 Å². The highest BCUT2D eigenvalue weighted by molar-refractivity contribution is 7.86. The number of nitro benzene ring substituents is 1. The van der Waals surface area contributed by atoms with Crippen molar-refractivity contribution in [3.63, 3.8) is 0 Å². The Hall–Kier alpha value is -1.65. The van der Waals surface area contributed by atoms with E-state index in [9.17, 15) is 27.9 Å². The molecule has 4 aliphatic rings. The van der Waals surface area contributed by atoms with Crippen LogP contribution in [0.2, 0.25) is 0 Å². The quantitative estimate of drug-likeness (QED) is 0.113. The second-order valence-corrected chi connectivity index (χ2v) is 14.5. The van der Waals surface area contributed by atoms with Crippen LogP contribution in [-0.2, 0) is 25.4 Å². The van der Waals surface area contributed by atoms with E-state index in [1.54, 1.807) is 12.1 Å². The number of benzene rings is 1. The average Bonchev–Trinajstić information content (AvgIpc) is 2.87. The second-order valence-electron chi connectivity index (χ2n) is 10.7. The van der Waals surface area contributed by atoms with E-state index in [2.05, 4.69) is 14.7 Å². The summed E-state index contributed by atoms with van der Waals surface area (Å²) >= 11 is 0. The van der Waals surface area contributed by atoms with Crippen molar-refractivity contribution in [2.24, 2.45) is 0 Å². The molecule has 0 aromatic heterocycles. The first kappa shape index (κ1) is 31.3. The van der Waals surface area contributed by atoms with Crippen LogP contribution >= 0.6 is 7.37 Å². The number of rotatable bonds is 7. The number of non-ortho nitro benzene ring substituents is 1. The van der Waals surface area contributed by atoms with Gasteiger partial charge in [0.05, 0.1) is 30.8 Å². The summed E-state index contributed by atoms with van der Waals surface area (Å²) in [4.78, 5) is 18.6. The van der Waals surface area contributed by atoms with Crippen molar-refractivity contribution in [1.82, 2.24) is 14.7 Å². The summed E-state index contributed by atoms with van der Waals surface area (Å²) in [6.45, 7) is 11.1. The van der Waals surface area contributed by atoms with Crippen LogP contribution in [0.15, 0.2) is 24.3 Å². The van der Waals surface area contributed by atoms with Gasteiger partial charge in [0.1, 0.15) is 6.17 Å². The summed E-state index contributed by atoms with van der Waals surface area (Å²) in [5.41, 5.74) is -4.74. The topological polar surface area (TPSA) is 136 Å². The summed E-state index contributed by atoms with van der Waals surface area (Å²) in [5.74, 6) is 0. The Morgan fingerprint density at radius 2 is 1.60 bits per heavy atom. The standard InChI is InChI=1S/C22H35N5O4P.CHF3O3S/c1-2-31-32(30,17-19-5-7-20(8-6-19)26(28)29)18-27-15-4-11-25-13-12-23-9-3-10-24(14-16-27)21(23)22(25)27;2-1(3,4)8(5,6)7/h5-8,21-22H,2-4,9-18H2,1H3;(H,5,6,7)/q+1;/p-1. The van der Waals surface area contributed by atoms with Crippen molar-refractivity contribution in [1.29, 1.82) is 0 Å². The van der Waals surface area contributed by atoms with Gasteiger partial charge in [-0.25, -0.2) is 8.42 Å². The van der Waals surface area contributed by atoms with Gasteiger partial charge in [0.25, 0.3) is 13.1 Å². The molecule has 5 rings (SSSR count). The molecule has 0 saturated carbocycles. The molecule has 4 fully saturated rings. The largest absolute Gasteiger partial charge is 0.741 e. The zero-order chi connectivity index (χ0) is 29.3. The Balaban J connectivity index is 0.000000406. The number of hydrogen-bond acceptors (Lipinski definition) is 10. The molecule has 0 spiro atoms. The molecular formula is C23H35F3N5O7PS. The molecular weight excluding hydrogens is 578 g/mol. The molecule has 4 unspecified atom stereocenters. The minimum atomic E-state index is -6.09. The van der Waals surface area contributed by atoms with Crippen LogP contribution in [0.3, 0.4) is 0 Å². The zero-order valence-corrected chi connectivity index (χ0v) is 24.0. The van der Waals surface area contributed by atoms with Crippen molar-refractivity contribution in [2.45, 2.75) is 43.8 Å². The number of halogens is 3. The summed E-state index contributed by atoms with van der Waals surface area (Å²) in [7, 11) is -9.07. The summed E-state index contributed by atoms with van der Waals surface area (Å²) in [6, 6.07) is 6.46. The predicted octanol–water partition coefficient (Wildman–Crippen LogP) is 2.63. The van der Waals surface area contributed by atoms with E-state index in [0.717, 1.165) is 68.8 Å². The van der Waals surface area contributed by atoms with Gasteiger partial charge in [0, 0.05) is 57.8 Å². The molecule has 226 valence electrons.